The number of methoxy groups -OCH3 is 1. The van der Waals surface area contributed by atoms with E-state index in [1.54, 1.807) is 29.6 Å². The molecule has 7 heteroatoms. The summed E-state index contributed by atoms with van der Waals surface area (Å²) in [6, 6.07) is 15.2. The van der Waals surface area contributed by atoms with Gasteiger partial charge in [-0.3, -0.25) is 4.90 Å². The Morgan fingerprint density at radius 2 is 1.74 bits per heavy atom. The molecule has 0 bridgehead atoms. The second kappa shape index (κ2) is 8.45. The Labute approximate surface area is 184 Å². The lowest BCUT2D eigenvalue weighted by molar-refractivity contribution is 0.111. The third kappa shape index (κ3) is 4.31. The van der Waals surface area contributed by atoms with Crippen molar-refractivity contribution in [1.29, 1.82) is 0 Å². The molecule has 2 aromatic rings. The maximum absolute atomic E-state index is 13.6. The molecule has 0 unspecified atom stereocenters. The number of hydrogen-bond donors (Lipinski definition) is 0. The van der Waals surface area contributed by atoms with E-state index in [9.17, 15) is 8.42 Å². The Bertz CT molecular complexity index is 1020. The molecule has 1 aliphatic carbocycles. The van der Waals surface area contributed by atoms with Crippen LogP contribution in [0.3, 0.4) is 0 Å². The molecule has 0 radical (unpaired) electrons. The smallest absolute Gasteiger partial charge is 0.247 e. The third-order valence-corrected chi connectivity index (χ3v) is 8.61. The van der Waals surface area contributed by atoms with Gasteiger partial charge < -0.3 is 9.47 Å². The van der Waals surface area contributed by atoms with Crippen LogP contribution in [0.1, 0.15) is 31.2 Å². The average molecular weight is 443 g/mol. The van der Waals surface area contributed by atoms with Crippen LogP contribution >= 0.6 is 0 Å². The van der Waals surface area contributed by atoms with Crippen molar-refractivity contribution in [3.63, 3.8) is 0 Å². The number of ether oxygens (including phenoxy) is 2. The Morgan fingerprint density at radius 3 is 2.48 bits per heavy atom. The fourth-order valence-electron chi connectivity index (χ4n) is 4.75. The van der Waals surface area contributed by atoms with Crippen LogP contribution in [0.15, 0.2) is 53.4 Å². The van der Waals surface area contributed by atoms with Gasteiger partial charge in [0.1, 0.15) is 22.5 Å². The number of hydrogen-bond acceptors (Lipinski definition) is 5. The quantitative estimate of drug-likeness (QED) is 0.709. The van der Waals surface area contributed by atoms with Gasteiger partial charge in [-0.05, 0) is 61.4 Å². The molecule has 5 rings (SSSR count). The maximum atomic E-state index is 13.6. The van der Waals surface area contributed by atoms with E-state index in [0.717, 1.165) is 51.1 Å². The monoisotopic (exact) mass is 442 g/mol. The molecule has 0 amide bonds. The van der Waals surface area contributed by atoms with E-state index < -0.39 is 10.0 Å². The minimum absolute atomic E-state index is 0.126. The summed E-state index contributed by atoms with van der Waals surface area (Å²) in [5.41, 5.74) is 1.23. The van der Waals surface area contributed by atoms with Crippen molar-refractivity contribution in [1.82, 2.24) is 9.21 Å². The van der Waals surface area contributed by atoms with Crippen molar-refractivity contribution in [2.45, 2.75) is 49.3 Å². The first-order chi connectivity index (χ1) is 15.0. The number of rotatable bonds is 5. The summed E-state index contributed by atoms with van der Waals surface area (Å²) < 4.78 is 40.6. The normalized spacial score (nSPS) is 26.1. The van der Waals surface area contributed by atoms with Gasteiger partial charge in [-0.2, -0.15) is 4.31 Å². The fourth-order valence-corrected chi connectivity index (χ4v) is 6.62. The van der Waals surface area contributed by atoms with Gasteiger partial charge in [-0.15, -0.1) is 0 Å². The molecule has 2 atom stereocenters. The van der Waals surface area contributed by atoms with Crippen molar-refractivity contribution in [2.75, 3.05) is 26.7 Å². The number of nitrogens with zero attached hydrogens (tertiary/aromatic N) is 2. The highest BCUT2D eigenvalue weighted by Gasteiger charge is 2.45. The van der Waals surface area contributed by atoms with Crippen molar-refractivity contribution in [3.05, 3.63) is 54.1 Å². The Morgan fingerprint density at radius 1 is 1.00 bits per heavy atom. The predicted molar refractivity (Wildman–Crippen MR) is 119 cm³/mol. The lowest BCUT2D eigenvalue weighted by atomic mass is 10.1. The maximum Gasteiger partial charge on any atom is 0.247 e. The topological polar surface area (TPSA) is 59.1 Å². The van der Waals surface area contributed by atoms with Crippen molar-refractivity contribution >= 4 is 10.0 Å². The van der Waals surface area contributed by atoms with Gasteiger partial charge >= 0.3 is 0 Å². The lowest BCUT2D eigenvalue weighted by Gasteiger charge is -2.31. The van der Waals surface area contributed by atoms with Crippen LogP contribution in [0.5, 0.6) is 11.5 Å². The minimum Gasteiger partial charge on any atom is -0.497 e. The standard InChI is InChI=1S/C24H30N2O4S/c1-29-20-10-8-18(9-11-20)16-25-14-12-21-22(13-15-25)30-23-4-2-3-5-24(23)31(27,28)26(21)17-19-6-7-19/h2-5,8-11,19,21-22H,6-7,12-17H2,1H3/t21-,22-/m0/s1. The molecule has 1 saturated heterocycles. The summed E-state index contributed by atoms with van der Waals surface area (Å²) in [5.74, 6) is 1.84. The first kappa shape index (κ1) is 20.8. The Balaban J connectivity index is 1.39. The van der Waals surface area contributed by atoms with E-state index in [-0.39, 0.29) is 12.1 Å². The molecule has 1 saturated carbocycles. The average Bonchev–Trinajstić information content (AvgIpc) is 3.62. The van der Waals surface area contributed by atoms with E-state index >= 15 is 0 Å². The molecule has 31 heavy (non-hydrogen) atoms. The van der Waals surface area contributed by atoms with Crippen LogP contribution in [0, 0.1) is 5.92 Å². The molecule has 0 spiro atoms. The number of benzene rings is 2. The zero-order valence-corrected chi connectivity index (χ0v) is 18.8. The third-order valence-electron chi connectivity index (χ3n) is 6.68. The van der Waals surface area contributed by atoms with Crippen LogP contribution in [-0.2, 0) is 16.6 Å². The van der Waals surface area contributed by atoms with Gasteiger partial charge in [0.15, 0.2) is 0 Å². The van der Waals surface area contributed by atoms with Crippen LogP contribution in [-0.4, -0.2) is 56.5 Å². The molecule has 2 aromatic carbocycles. The summed E-state index contributed by atoms with van der Waals surface area (Å²) in [7, 11) is -1.89. The van der Waals surface area contributed by atoms with Crippen molar-refractivity contribution in [2.24, 2.45) is 5.92 Å². The SMILES string of the molecule is COc1ccc(CN2CC[C@@H]3Oc4ccccc4S(=O)(=O)N(CC4CC4)[C@H]3CC2)cc1. The Kier molecular flexibility index (Phi) is 5.67. The summed E-state index contributed by atoms with van der Waals surface area (Å²) in [6.07, 6.45) is 3.70. The van der Waals surface area contributed by atoms with Gasteiger partial charge in [-0.25, -0.2) is 8.42 Å². The van der Waals surface area contributed by atoms with Crippen molar-refractivity contribution in [3.8, 4) is 11.5 Å². The Hall–Kier alpha value is -2.09. The molecule has 2 aliphatic heterocycles. The van der Waals surface area contributed by atoms with Crippen LogP contribution < -0.4 is 9.47 Å². The van der Waals surface area contributed by atoms with Gasteiger partial charge in [-0.1, -0.05) is 24.3 Å². The highest BCUT2D eigenvalue weighted by Crippen LogP contribution is 2.40. The zero-order chi connectivity index (χ0) is 21.4. The number of fused-ring (bicyclic) bond motifs is 2. The zero-order valence-electron chi connectivity index (χ0n) is 17.9. The fraction of sp³-hybridized carbons (Fsp3) is 0.500. The highest BCUT2D eigenvalue weighted by atomic mass is 32.2. The van der Waals surface area contributed by atoms with E-state index in [4.69, 9.17) is 9.47 Å². The van der Waals surface area contributed by atoms with Crippen molar-refractivity contribution < 1.29 is 17.9 Å². The molecule has 2 heterocycles. The number of para-hydroxylation sites is 1. The first-order valence-electron chi connectivity index (χ1n) is 11.2. The predicted octanol–water partition coefficient (Wildman–Crippen LogP) is 3.52. The lowest BCUT2D eigenvalue weighted by Crippen LogP contribution is -2.48. The van der Waals surface area contributed by atoms with Crippen LogP contribution in [0.25, 0.3) is 0 Å². The van der Waals surface area contributed by atoms with Crippen LogP contribution in [0.4, 0.5) is 0 Å². The molecular weight excluding hydrogens is 412 g/mol. The second-order valence-corrected chi connectivity index (χ2v) is 10.7. The van der Waals surface area contributed by atoms with Gasteiger partial charge in [0.25, 0.3) is 0 Å². The molecule has 0 N–H and O–H groups in total. The van der Waals surface area contributed by atoms with Gasteiger partial charge in [0, 0.05) is 26.2 Å². The molecule has 166 valence electrons. The minimum atomic E-state index is -3.57. The summed E-state index contributed by atoms with van der Waals surface area (Å²) in [6.45, 7) is 3.19. The highest BCUT2D eigenvalue weighted by molar-refractivity contribution is 7.89. The summed E-state index contributed by atoms with van der Waals surface area (Å²) >= 11 is 0. The second-order valence-electron chi connectivity index (χ2n) is 8.89. The molecule has 6 nitrogen and oxygen atoms in total. The van der Waals surface area contributed by atoms with Crippen LogP contribution in [0.2, 0.25) is 0 Å². The number of likely N-dealkylation sites (tertiary alicyclic amines) is 1. The molecule has 0 aromatic heterocycles. The van der Waals surface area contributed by atoms with E-state index in [1.807, 2.05) is 18.2 Å². The van der Waals surface area contributed by atoms with E-state index in [0.29, 0.717) is 23.1 Å². The summed E-state index contributed by atoms with van der Waals surface area (Å²) in [5, 5.41) is 0. The molecule has 2 fully saturated rings. The van der Waals surface area contributed by atoms with Gasteiger partial charge in [0.05, 0.1) is 13.2 Å². The molecular formula is C24H30N2O4S. The van der Waals surface area contributed by atoms with E-state index in [2.05, 4.69) is 17.0 Å². The van der Waals surface area contributed by atoms with E-state index in [1.165, 1.54) is 5.56 Å². The molecule has 3 aliphatic rings. The summed E-state index contributed by atoms with van der Waals surface area (Å²) in [4.78, 5) is 2.73. The van der Waals surface area contributed by atoms with Gasteiger partial charge in [0.2, 0.25) is 10.0 Å². The largest absolute Gasteiger partial charge is 0.497 e. The number of sulfonamides is 1. The first-order valence-corrected chi connectivity index (χ1v) is 12.6.